The van der Waals surface area contributed by atoms with Crippen molar-refractivity contribution in [2.24, 2.45) is 5.73 Å². The summed E-state index contributed by atoms with van der Waals surface area (Å²) in [6, 6.07) is 10.5. The lowest BCUT2D eigenvalue weighted by atomic mass is 10.0. The number of nitrogens with zero attached hydrogens (tertiary/aromatic N) is 6. The van der Waals surface area contributed by atoms with E-state index in [1.165, 1.54) is 0 Å². The van der Waals surface area contributed by atoms with Crippen molar-refractivity contribution in [1.29, 1.82) is 0 Å². The molecule has 1 aliphatic rings. The predicted molar refractivity (Wildman–Crippen MR) is 104 cm³/mol. The second kappa shape index (κ2) is 7.43. The van der Waals surface area contributed by atoms with Crippen LogP contribution in [0.15, 0.2) is 36.4 Å². The van der Waals surface area contributed by atoms with Gasteiger partial charge in [-0.2, -0.15) is 4.52 Å². The number of nitrogens with two attached hydrogens (primary N) is 1. The topological polar surface area (TPSA) is 102 Å². The lowest BCUT2D eigenvalue weighted by Crippen LogP contribution is -2.51. The first kappa shape index (κ1) is 18.2. The average molecular weight is 381 g/mol. The van der Waals surface area contributed by atoms with E-state index in [0.29, 0.717) is 37.5 Å². The summed E-state index contributed by atoms with van der Waals surface area (Å²) in [5.41, 5.74) is 7.67. The van der Waals surface area contributed by atoms with Gasteiger partial charge in [0.15, 0.2) is 11.5 Å². The zero-order valence-corrected chi connectivity index (χ0v) is 15.9. The Hall–Kier alpha value is -3.20. The number of hydrogen-bond donors (Lipinski definition) is 1. The number of aryl methyl sites for hydroxylation is 1. The van der Waals surface area contributed by atoms with Gasteiger partial charge in [-0.25, -0.2) is 0 Å². The first-order valence-corrected chi connectivity index (χ1v) is 9.20. The molecule has 0 saturated carbocycles. The number of para-hydroxylation sites is 1. The number of hydrogen-bond acceptors (Lipinski definition) is 7. The number of fused-ring (bicyclic) bond motifs is 1. The van der Waals surface area contributed by atoms with Crippen molar-refractivity contribution >= 4 is 17.4 Å². The Bertz CT molecular complexity index is 995. The standard InChI is InChI=1S/C19H23N7O2/c1-13-21-22-16-7-8-17(23-26(13)16)24-9-11-25(12-10-24)19(27)18(20)14-5-3-4-6-15(14)28-2/h3-8,18H,9-12,20H2,1-2H3. The quantitative estimate of drug-likeness (QED) is 0.713. The normalized spacial score (nSPS) is 15.7. The molecule has 0 spiro atoms. The van der Waals surface area contributed by atoms with Crippen LogP contribution < -0.4 is 15.4 Å². The van der Waals surface area contributed by atoms with Crippen molar-refractivity contribution in [1.82, 2.24) is 24.7 Å². The minimum absolute atomic E-state index is 0.0952. The Morgan fingerprint density at radius 2 is 1.86 bits per heavy atom. The van der Waals surface area contributed by atoms with Crippen molar-refractivity contribution in [2.75, 3.05) is 38.2 Å². The van der Waals surface area contributed by atoms with Crippen molar-refractivity contribution < 1.29 is 9.53 Å². The molecule has 2 N–H and O–H groups in total. The molecule has 0 bridgehead atoms. The molecule has 1 aliphatic heterocycles. The maximum absolute atomic E-state index is 12.9. The average Bonchev–Trinajstić information content (AvgIpc) is 3.13. The number of piperazine rings is 1. The molecule has 0 aliphatic carbocycles. The zero-order chi connectivity index (χ0) is 19.7. The number of aromatic nitrogens is 4. The van der Waals surface area contributed by atoms with Crippen LogP contribution in [0, 0.1) is 6.92 Å². The van der Waals surface area contributed by atoms with E-state index in [1.54, 1.807) is 16.5 Å². The van der Waals surface area contributed by atoms with Crippen LogP contribution in [-0.2, 0) is 4.79 Å². The minimum Gasteiger partial charge on any atom is -0.496 e. The summed E-state index contributed by atoms with van der Waals surface area (Å²) in [6.45, 7) is 4.41. The third kappa shape index (κ3) is 3.24. The van der Waals surface area contributed by atoms with Gasteiger partial charge >= 0.3 is 0 Å². The highest BCUT2D eigenvalue weighted by atomic mass is 16.5. The van der Waals surface area contributed by atoms with Crippen molar-refractivity contribution in [2.45, 2.75) is 13.0 Å². The van der Waals surface area contributed by atoms with E-state index in [0.717, 1.165) is 17.3 Å². The fraction of sp³-hybridized carbons (Fsp3) is 0.368. The third-order valence-electron chi connectivity index (χ3n) is 5.06. The Balaban J connectivity index is 1.44. The van der Waals surface area contributed by atoms with Gasteiger partial charge in [0.1, 0.15) is 17.6 Å². The van der Waals surface area contributed by atoms with Crippen LogP contribution in [0.2, 0.25) is 0 Å². The summed E-state index contributed by atoms with van der Waals surface area (Å²) in [4.78, 5) is 16.8. The monoisotopic (exact) mass is 381 g/mol. The lowest BCUT2D eigenvalue weighted by Gasteiger charge is -2.36. The Morgan fingerprint density at radius 3 is 2.61 bits per heavy atom. The molecule has 0 radical (unpaired) electrons. The van der Waals surface area contributed by atoms with Crippen LogP contribution >= 0.6 is 0 Å². The zero-order valence-electron chi connectivity index (χ0n) is 15.9. The van der Waals surface area contributed by atoms with Crippen LogP contribution in [0.4, 0.5) is 5.82 Å². The van der Waals surface area contributed by atoms with Crippen molar-refractivity contribution in [3.63, 3.8) is 0 Å². The summed E-state index contributed by atoms with van der Waals surface area (Å²) < 4.78 is 7.06. The molecule has 146 valence electrons. The highest BCUT2D eigenvalue weighted by molar-refractivity contribution is 5.84. The molecule has 28 heavy (non-hydrogen) atoms. The molecule has 1 amide bonds. The molecule has 1 saturated heterocycles. The second-order valence-electron chi connectivity index (χ2n) is 6.74. The molecule has 4 rings (SSSR count). The van der Waals surface area contributed by atoms with Crippen LogP contribution in [-0.4, -0.2) is 63.9 Å². The first-order valence-electron chi connectivity index (χ1n) is 9.20. The number of ether oxygens (including phenoxy) is 1. The molecule has 2 aromatic heterocycles. The smallest absolute Gasteiger partial charge is 0.244 e. The molecule has 3 heterocycles. The van der Waals surface area contributed by atoms with Gasteiger partial charge in [0.2, 0.25) is 5.91 Å². The Morgan fingerprint density at radius 1 is 1.11 bits per heavy atom. The van der Waals surface area contributed by atoms with E-state index in [2.05, 4.69) is 20.2 Å². The molecule has 1 unspecified atom stereocenters. The van der Waals surface area contributed by atoms with Gasteiger partial charge < -0.3 is 20.3 Å². The highest BCUT2D eigenvalue weighted by Crippen LogP contribution is 2.25. The van der Waals surface area contributed by atoms with Gasteiger partial charge in [0, 0.05) is 31.7 Å². The molecule has 1 fully saturated rings. The minimum atomic E-state index is -0.739. The van der Waals surface area contributed by atoms with Crippen molar-refractivity contribution in [3.8, 4) is 5.75 Å². The summed E-state index contributed by atoms with van der Waals surface area (Å²) in [5, 5.41) is 12.7. The lowest BCUT2D eigenvalue weighted by molar-refractivity contribution is -0.133. The van der Waals surface area contributed by atoms with E-state index < -0.39 is 6.04 Å². The molecule has 3 aromatic rings. The number of anilines is 1. The summed E-state index contributed by atoms with van der Waals surface area (Å²) in [7, 11) is 1.58. The summed E-state index contributed by atoms with van der Waals surface area (Å²) >= 11 is 0. The molecule has 1 aromatic carbocycles. The number of amides is 1. The van der Waals surface area contributed by atoms with Crippen LogP contribution in [0.3, 0.4) is 0 Å². The Kier molecular flexibility index (Phi) is 4.82. The molecule has 1 atom stereocenters. The fourth-order valence-corrected chi connectivity index (χ4v) is 3.46. The number of rotatable bonds is 4. The van der Waals surface area contributed by atoms with Gasteiger partial charge in [-0.3, -0.25) is 4.79 Å². The molecular formula is C19H23N7O2. The van der Waals surface area contributed by atoms with E-state index in [1.807, 2.05) is 43.3 Å². The van der Waals surface area contributed by atoms with E-state index in [9.17, 15) is 4.79 Å². The molecular weight excluding hydrogens is 358 g/mol. The van der Waals surface area contributed by atoms with Gasteiger partial charge in [-0.15, -0.1) is 15.3 Å². The van der Waals surface area contributed by atoms with Crippen LogP contribution in [0.5, 0.6) is 5.75 Å². The number of benzene rings is 1. The summed E-state index contributed by atoms with van der Waals surface area (Å²) in [6.07, 6.45) is 0. The van der Waals surface area contributed by atoms with E-state index >= 15 is 0 Å². The number of methoxy groups -OCH3 is 1. The first-order chi connectivity index (χ1) is 13.6. The van der Waals surface area contributed by atoms with E-state index in [4.69, 9.17) is 10.5 Å². The van der Waals surface area contributed by atoms with Gasteiger partial charge in [0.25, 0.3) is 0 Å². The maximum Gasteiger partial charge on any atom is 0.244 e. The molecule has 9 heteroatoms. The maximum atomic E-state index is 12.9. The fourth-order valence-electron chi connectivity index (χ4n) is 3.46. The van der Waals surface area contributed by atoms with Crippen molar-refractivity contribution in [3.05, 3.63) is 47.8 Å². The number of carbonyl (C=O) groups is 1. The van der Waals surface area contributed by atoms with Gasteiger partial charge in [0.05, 0.1) is 7.11 Å². The van der Waals surface area contributed by atoms with Crippen LogP contribution in [0.25, 0.3) is 5.65 Å². The van der Waals surface area contributed by atoms with Gasteiger partial charge in [-0.05, 0) is 25.1 Å². The highest BCUT2D eigenvalue weighted by Gasteiger charge is 2.28. The largest absolute Gasteiger partial charge is 0.496 e. The summed E-state index contributed by atoms with van der Waals surface area (Å²) in [5.74, 6) is 2.12. The number of carbonyl (C=O) groups excluding carboxylic acids is 1. The van der Waals surface area contributed by atoms with Crippen LogP contribution in [0.1, 0.15) is 17.4 Å². The molecule has 9 nitrogen and oxygen atoms in total. The Labute approximate surface area is 162 Å². The SMILES string of the molecule is COc1ccccc1C(N)C(=O)N1CCN(c2ccc3nnc(C)n3n2)CC1. The van der Waals surface area contributed by atoms with E-state index in [-0.39, 0.29) is 5.91 Å². The van der Waals surface area contributed by atoms with Gasteiger partial charge in [-0.1, -0.05) is 18.2 Å². The third-order valence-corrected chi connectivity index (χ3v) is 5.06. The second-order valence-corrected chi connectivity index (χ2v) is 6.74. The predicted octanol–water partition coefficient (Wildman–Crippen LogP) is 0.790.